The second kappa shape index (κ2) is 5.37. The summed E-state index contributed by atoms with van der Waals surface area (Å²) in [5.74, 6) is 1.07. The van der Waals surface area contributed by atoms with E-state index in [2.05, 4.69) is 5.32 Å². The number of hydrogen-bond acceptors (Lipinski definition) is 4. The number of nitrogens with one attached hydrogen (secondary N) is 1. The molecule has 2 N–H and O–H groups in total. The number of rotatable bonds is 4. The molecule has 0 unspecified atom stereocenters. The maximum absolute atomic E-state index is 11.9. The number of thiophene rings is 1. The number of hydrogen-bond donors (Lipinski definition) is 2. The maximum atomic E-state index is 11.9. The number of carbonyl (C=O) groups excluding carboxylic acids is 1. The van der Waals surface area contributed by atoms with Gasteiger partial charge in [-0.3, -0.25) is 4.79 Å². The van der Waals surface area contributed by atoms with Gasteiger partial charge in [0.25, 0.3) is 5.91 Å². The number of furan rings is 1. The Morgan fingerprint density at radius 3 is 2.89 bits per heavy atom. The van der Waals surface area contributed by atoms with Crippen molar-refractivity contribution in [1.82, 2.24) is 5.32 Å². The van der Waals surface area contributed by atoms with Crippen LogP contribution in [0.1, 0.15) is 33.5 Å². The molecule has 0 aliphatic heterocycles. The standard InChI is InChI=1S/C13H15NO3S/c1-8-5-11(9(2)17-8)13(16)14-6-12(15)10-3-4-18-7-10/h3-5,7,12,15H,6H2,1-2H3,(H,14,16)/t12-/m1/s1. The Morgan fingerprint density at radius 2 is 2.33 bits per heavy atom. The molecule has 18 heavy (non-hydrogen) atoms. The summed E-state index contributed by atoms with van der Waals surface area (Å²) in [6.07, 6.45) is -0.673. The van der Waals surface area contributed by atoms with Crippen LogP contribution in [-0.4, -0.2) is 17.6 Å². The molecule has 2 aromatic heterocycles. The minimum Gasteiger partial charge on any atom is -0.466 e. The van der Waals surface area contributed by atoms with E-state index in [0.29, 0.717) is 17.1 Å². The summed E-state index contributed by atoms with van der Waals surface area (Å²) >= 11 is 1.52. The number of aliphatic hydroxyl groups is 1. The highest BCUT2D eigenvalue weighted by atomic mass is 32.1. The zero-order valence-electron chi connectivity index (χ0n) is 10.3. The molecule has 4 nitrogen and oxygen atoms in total. The van der Waals surface area contributed by atoms with E-state index in [4.69, 9.17) is 4.42 Å². The van der Waals surface area contributed by atoms with Crippen LogP contribution in [0.15, 0.2) is 27.3 Å². The van der Waals surface area contributed by atoms with Crippen molar-refractivity contribution in [3.05, 3.63) is 45.5 Å². The molecule has 2 rings (SSSR count). The SMILES string of the molecule is Cc1cc(C(=O)NC[C@@H](O)c2ccsc2)c(C)o1. The largest absolute Gasteiger partial charge is 0.466 e. The van der Waals surface area contributed by atoms with Crippen molar-refractivity contribution in [1.29, 1.82) is 0 Å². The van der Waals surface area contributed by atoms with Crippen molar-refractivity contribution in [2.75, 3.05) is 6.54 Å². The van der Waals surface area contributed by atoms with Crippen LogP contribution < -0.4 is 5.32 Å². The summed E-state index contributed by atoms with van der Waals surface area (Å²) in [4.78, 5) is 11.9. The molecule has 1 atom stereocenters. The molecule has 2 heterocycles. The Hall–Kier alpha value is -1.59. The Kier molecular flexibility index (Phi) is 3.84. The third-order valence-corrected chi connectivity index (χ3v) is 3.37. The molecule has 0 radical (unpaired) electrons. The summed E-state index contributed by atoms with van der Waals surface area (Å²) in [6.45, 7) is 3.74. The van der Waals surface area contributed by atoms with E-state index < -0.39 is 6.10 Å². The van der Waals surface area contributed by atoms with E-state index in [0.717, 1.165) is 5.56 Å². The van der Waals surface area contributed by atoms with E-state index in [1.165, 1.54) is 11.3 Å². The Bertz CT molecular complexity index is 530. The van der Waals surface area contributed by atoms with Crippen molar-refractivity contribution in [2.45, 2.75) is 20.0 Å². The average Bonchev–Trinajstić information content (AvgIpc) is 2.95. The van der Waals surface area contributed by atoms with Crippen LogP contribution in [0.5, 0.6) is 0 Å². The molecule has 0 bridgehead atoms. The van der Waals surface area contributed by atoms with Gasteiger partial charge in [0.2, 0.25) is 0 Å². The zero-order valence-corrected chi connectivity index (χ0v) is 11.1. The molecular formula is C13H15NO3S. The molecule has 2 aromatic rings. The Balaban J connectivity index is 1.94. The first kappa shape index (κ1) is 12.9. The monoisotopic (exact) mass is 265 g/mol. The lowest BCUT2D eigenvalue weighted by molar-refractivity contribution is 0.0915. The molecule has 0 saturated heterocycles. The summed E-state index contributed by atoms with van der Waals surface area (Å²) in [5, 5.41) is 16.3. The van der Waals surface area contributed by atoms with E-state index in [1.54, 1.807) is 19.9 Å². The first-order chi connectivity index (χ1) is 8.58. The predicted molar refractivity (Wildman–Crippen MR) is 69.8 cm³/mol. The van der Waals surface area contributed by atoms with E-state index in [1.807, 2.05) is 16.8 Å². The molecule has 0 saturated carbocycles. The van der Waals surface area contributed by atoms with E-state index in [9.17, 15) is 9.90 Å². The van der Waals surface area contributed by atoms with Gasteiger partial charge in [-0.1, -0.05) is 0 Å². The third-order valence-electron chi connectivity index (χ3n) is 2.67. The van der Waals surface area contributed by atoms with Gasteiger partial charge in [-0.25, -0.2) is 0 Å². The average molecular weight is 265 g/mol. The van der Waals surface area contributed by atoms with E-state index in [-0.39, 0.29) is 12.5 Å². The van der Waals surface area contributed by atoms with Gasteiger partial charge in [-0.15, -0.1) is 0 Å². The van der Waals surface area contributed by atoms with Gasteiger partial charge in [0.05, 0.1) is 11.7 Å². The molecule has 96 valence electrons. The summed E-state index contributed by atoms with van der Waals surface area (Å²) in [5.41, 5.74) is 1.34. The summed E-state index contributed by atoms with van der Waals surface area (Å²) in [7, 11) is 0. The lowest BCUT2D eigenvalue weighted by Crippen LogP contribution is -2.28. The van der Waals surface area contributed by atoms with E-state index >= 15 is 0 Å². The van der Waals surface area contributed by atoms with Crippen LogP contribution in [0, 0.1) is 13.8 Å². The topological polar surface area (TPSA) is 62.5 Å². The van der Waals surface area contributed by atoms with Crippen molar-refractivity contribution in [3.63, 3.8) is 0 Å². The lowest BCUT2D eigenvalue weighted by atomic mass is 10.2. The van der Waals surface area contributed by atoms with Gasteiger partial charge in [-0.2, -0.15) is 11.3 Å². The Labute approximate surface area is 109 Å². The second-order valence-electron chi connectivity index (χ2n) is 4.11. The fourth-order valence-corrected chi connectivity index (χ4v) is 2.43. The maximum Gasteiger partial charge on any atom is 0.254 e. The van der Waals surface area contributed by atoms with Crippen LogP contribution in [0.4, 0.5) is 0 Å². The molecule has 0 spiro atoms. The molecule has 0 fully saturated rings. The van der Waals surface area contributed by atoms with Crippen molar-refractivity contribution >= 4 is 17.2 Å². The second-order valence-corrected chi connectivity index (χ2v) is 4.89. The predicted octanol–water partition coefficient (Wildman–Crippen LogP) is 2.42. The van der Waals surface area contributed by atoms with Gasteiger partial charge in [-0.05, 0) is 42.3 Å². The lowest BCUT2D eigenvalue weighted by Gasteiger charge is -2.10. The highest BCUT2D eigenvalue weighted by Crippen LogP contribution is 2.16. The minimum atomic E-state index is -0.673. The fourth-order valence-electron chi connectivity index (χ4n) is 1.72. The van der Waals surface area contributed by atoms with Gasteiger partial charge in [0.1, 0.15) is 11.5 Å². The Morgan fingerprint density at radius 1 is 1.56 bits per heavy atom. The number of aryl methyl sites for hydroxylation is 2. The summed E-state index contributed by atoms with van der Waals surface area (Å²) in [6, 6.07) is 3.54. The van der Waals surface area contributed by atoms with Crippen LogP contribution in [0.3, 0.4) is 0 Å². The van der Waals surface area contributed by atoms with Crippen LogP contribution >= 0.6 is 11.3 Å². The van der Waals surface area contributed by atoms with Crippen molar-refractivity contribution in [3.8, 4) is 0 Å². The minimum absolute atomic E-state index is 0.194. The number of carbonyl (C=O) groups is 1. The number of amides is 1. The summed E-state index contributed by atoms with van der Waals surface area (Å²) < 4.78 is 5.29. The van der Waals surface area contributed by atoms with Gasteiger partial charge in [0, 0.05) is 6.54 Å². The highest BCUT2D eigenvalue weighted by molar-refractivity contribution is 7.07. The molecule has 1 amide bonds. The van der Waals surface area contributed by atoms with Gasteiger partial charge >= 0.3 is 0 Å². The quantitative estimate of drug-likeness (QED) is 0.892. The molecule has 0 aliphatic rings. The van der Waals surface area contributed by atoms with Gasteiger partial charge in [0.15, 0.2) is 0 Å². The molecule has 0 aromatic carbocycles. The van der Waals surface area contributed by atoms with Gasteiger partial charge < -0.3 is 14.8 Å². The third kappa shape index (κ3) is 2.80. The number of aliphatic hydroxyl groups excluding tert-OH is 1. The normalized spacial score (nSPS) is 12.4. The zero-order chi connectivity index (χ0) is 13.1. The fraction of sp³-hybridized carbons (Fsp3) is 0.308. The molecule has 0 aliphatic carbocycles. The van der Waals surface area contributed by atoms with Crippen molar-refractivity contribution in [2.24, 2.45) is 0 Å². The van der Waals surface area contributed by atoms with Crippen LogP contribution in [0.25, 0.3) is 0 Å². The van der Waals surface area contributed by atoms with Crippen molar-refractivity contribution < 1.29 is 14.3 Å². The highest BCUT2D eigenvalue weighted by Gasteiger charge is 2.15. The smallest absolute Gasteiger partial charge is 0.254 e. The molecule has 5 heteroatoms. The first-order valence-electron chi connectivity index (χ1n) is 5.63. The first-order valence-corrected chi connectivity index (χ1v) is 6.57. The van der Waals surface area contributed by atoms with Crippen LogP contribution in [0.2, 0.25) is 0 Å². The van der Waals surface area contributed by atoms with Crippen LogP contribution in [-0.2, 0) is 0 Å². The molecular weight excluding hydrogens is 250 g/mol.